The van der Waals surface area contributed by atoms with E-state index in [1.165, 1.54) is 0 Å². The summed E-state index contributed by atoms with van der Waals surface area (Å²) in [6.07, 6.45) is 6.98. The second kappa shape index (κ2) is 7.08. The molecule has 0 fully saturated rings. The molecule has 2 N–H and O–H groups in total. The Labute approximate surface area is 159 Å². The number of benzene rings is 1. The quantitative estimate of drug-likeness (QED) is 0.568. The number of rotatable bonds is 4. The molecule has 2 amide bonds. The number of hydrogen-bond donors (Lipinski definition) is 2. The van der Waals surface area contributed by atoms with Gasteiger partial charge in [0, 0.05) is 24.0 Å². The summed E-state index contributed by atoms with van der Waals surface area (Å²) >= 11 is 5.94. The summed E-state index contributed by atoms with van der Waals surface area (Å²) in [4.78, 5) is 16.4. The zero-order valence-corrected chi connectivity index (χ0v) is 15.2. The third kappa shape index (κ3) is 3.75. The summed E-state index contributed by atoms with van der Waals surface area (Å²) in [6.45, 7) is 0.369. The normalized spacial score (nSPS) is 10.9. The van der Waals surface area contributed by atoms with Gasteiger partial charge >= 0.3 is 6.03 Å². The average molecular weight is 382 g/mol. The fraction of sp³-hybridized carbons (Fsp3) is 0.111. The van der Waals surface area contributed by atoms with Crippen molar-refractivity contribution >= 4 is 34.4 Å². The number of carbonyl (C=O) groups excluding carboxylic acids is 1. The molecule has 0 spiro atoms. The highest BCUT2D eigenvalue weighted by Gasteiger charge is 2.09. The topological polar surface area (TPSA) is 89.7 Å². The number of carbonyl (C=O) groups is 1. The highest BCUT2D eigenvalue weighted by atomic mass is 35.5. The fourth-order valence-corrected chi connectivity index (χ4v) is 2.92. The summed E-state index contributed by atoms with van der Waals surface area (Å²) in [6, 6.07) is 8.75. The van der Waals surface area contributed by atoms with Crippen LogP contribution in [-0.4, -0.2) is 30.6 Å². The molecule has 0 bridgehead atoms. The average Bonchev–Trinajstić information content (AvgIpc) is 3.25. The molecule has 4 rings (SSSR count). The van der Waals surface area contributed by atoms with Crippen LogP contribution in [0.3, 0.4) is 0 Å². The van der Waals surface area contributed by atoms with E-state index >= 15 is 0 Å². The Kier molecular flexibility index (Phi) is 4.47. The van der Waals surface area contributed by atoms with Crippen molar-refractivity contribution < 1.29 is 4.79 Å². The Balaban J connectivity index is 1.45. The molecular formula is C18H16ClN7O. The van der Waals surface area contributed by atoms with Crippen LogP contribution in [0.1, 0.15) is 5.56 Å². The van der Waals surface area contributed by atoms with Gasteiger partial charge in [0.05, 0.1) is 30.3 Å². The molecule has 0 aliphatic heterocycles. The lowest BCUT2D eigenvalue weighted by Gasteiger charge is -2.08. The van der Waals surface area contributed by atoms with Crippen LogP contribution in [0.25, 0.3) is 16.6 Å². The van der Waals surface area contributed by atoms with Gasteiger partial charge in [-0.2, -0.15) is 10.2 Å². The molecule has 1 aromatic carbocycles. The van der Waals surface area contributed by atoms with Crippen LogP contribution in [-0.2, 0) is 13.6 Å². The van der Waals surface area contributed by atoms with Crippen molar-refractivity contribution in [3.8, 4) is 5.69 Å². The van der Waals surface area contributed by atoms with Crippen LogP contribution in [0.5, 0.6) is 0 Å². The van der Waals surface area contributed by atoms with Crippen molar-refractivity contribution in [1.29, 1.82) is 0 Å². The van der Waals surface area contributed by atoms with Crippen LogP contribution >= 0.6 is 11.6 Å². The number of nitrogens with one attached hydrogen (secondary N) is 2. The first-order chi connectivity index (χ1) is 13.1. The number of anilines is 1. The lowest BCUT2D eigenvalue weighted by atomic mass is 10.2. The second-order valence-corrected chi connectivity index (χ2v) is 6.43. The number of hydrogen-bond acceptors (Lipinski definition) is 4. The minimum atomic E-state index is -0.346. The van der Waals surface area contributed by atoms with Gasteiger partial charge in [-0.15, -0.1) is 0 Å². The van der Waals surface area contributed by atoms with Crippen molar-refractivity contribution in [2.24, 2.45) is 7.05 Å². The number of amides is 2. The first kappa shape index (κ1) is 17.0. The minimum absolute atomic E-state index is 0.346. The molecule has 9 heteroatoms. The number of pyridine rings is 1. The van der Waals surface area contributed by atoms with Crippen LogP contribution in [0.2, 0.25) is 5.02 Å². The van der Waals surface area contributed by atoms with Crippen LogP contribution < -0.4 is 10.6 Å². The summed E-state index contributed by atoms with van der Waals surface area (Å²) in [5, 5.41) is 15.5. The number of halogens is 1. The molecule has 0 saturated heterocycles. The SMILES string of the molecule is Cn1cc(-n2ncc3cc(NC(=O)NCc4cccc(Cl)c4)ncc32)cn1. The molecule has 0 saturated carbocycles. The zero-order valence-electron chi connectivity index (χ0n) is 14.4. The van der Waals surface area contributed by atoms with E-state index in [0.29, 0.717) is 17.4 Å². The van der Waals surface area contributed by atoms with Gasteiger partial charge in [-0.3, -0.25) is 10.00 Å². The number of aromatic nitrogens is 5. The van der Waals surface area contributed by atoms with E-state index in [0.717, 1.165) is 22.2 Å². The van der Waals surface area contributed by atoms with Crippen molar-refractivity contribution in [2.45, 2.75) is 6.54 Å². The van der Waals surface area contributed by atoms with E-state index in [9.17, 15) is 4.79 Å². The molecule has 3 aromatic heterocycles. The lowest BCUT2D eigenvalue weighted by molar-refractivity contribution is 0.251. The number of aryl methyl sites for hydroxylation is 1. The summed E-state index contributed by atoms with van der Waals surface area (Å²) < 4.78 is 3.45. The standard InChI is InChI=1S/C18H16ClN7O/c1-25-11-15(9-22-25)26-16-10-20-17(6-13(16)8-23-26)24-18(27)21-7-12-3-2-4-14(19)5-12/h2-6,8-11H,7H2,1H3,(H2,20,21,24,27). The number of fused-ring (bicyclic) bond motifs is 1. The highest BCUT2D eigenvalue weighted by molar-refractivity contribution is 6.30. The van der Waals surface area contributed by atoms with Crippen molar-refractivity contribution in [2.75, 3.05) is 5.32 Å². The zero-order chi connectivity index (χ0) is 18.8. The van der Waals surface area contributed by atoms with Gasteiger partial charge in [0.1, 0.15) is 11.5 Å². The number of urea groups is 1. The maximum absolute atomic E-state index is 12.1. The Bertz CT molecular complexity index is 1120. The molecule has 136 valence electrons. The predicted octanol–water partition coefficient (Wildman–Crippen LogP) is 3.13. The maximum Gasteiger partial charge on any atom is 0.320 e. The Hall–Kier alpha value is -3.39. The van der Waals surface area contributed by atoms with Gasteiger partial charge in [-0.05, 0) is 23.8 Å². The predicted molar refractivity (Wildman–Crippen MR) is 103 cm³/mol. The maximum atomic E-state index is 12.1. The van der Waals surface area contributed by atoms with Gasteiger partial charge in [0.2, 0.25) is 0 Å². The minimum Gasteiger partial charge on any atom is -0.334 e. The first-order valence-corrected chi connectivity index (χ1v) is 8.58. The Morgan fingerprint density at radius 2 is 2.07 bits per heavy atom. The van der Waals surface area contributed by atoms with Crippen LogP contribution in [0.4, 0.5) is 10.6 Å². The van der Waals surface area contributed by atoms with E-state index in [1.54, 1.807) is 46.2 Å². The van der Waals surface area contributed by atoms with Crippen molar-refractivity contribution in [1.82, 2.24) is 29.9 Å². The lowest BCUT2D eigenvalue weighted by Crippen LogP contribution is -2.28. The molecule has 4 aromatic rings. The van der Waals surface area contributed by atoms with Crippen LogP contribution in [0.15, 0.2) is 55.1 Å². The molecule has 0 aliphatic rings. The molecule has 8 nitrogen and oxygen atoms in total. The first-order valence-electron chi connectivity index (χ1n) is 8.20. The van der Waals surface area contributed by atoms with Crippen molar-refractivity contribution in [3.63, 3.8) is 0 Å². The molecular weight excluding hydrogens is 366 g/mol. The molecule has 0 atom stereocenters. The van der Waals surface area contributed by atoms with Crippen LogP contribution in [0, 0.1) is 0 Å². The van der Waals surface area contributed by atoms with Gasteiger partial charge in [0.15, 0.2) is 0 Å². The molecule has 0 aliphatic carbocycles. The smallest absolute Gasteiger partial charge is 0.320 e. The van der Waals surface area contributed by atoms with E-state index in [-0.39, 0.29) is 6.03 Å². The highest BCUT2D eigenvalue weighted by Crippen LogP contribution is 2.19. The van der Waals surface area contributed by atoms with E-state index in [1.807, 2.05) is 25.4 Å². The van der Waals surface area contributed by atoms with Gasteiger partial charge in [-0.1, -0.05) is 23.7 Å². The fourth-order valence-electron chi connectivity index (χ4n) is 2.71. The Morgan fingerprint density at radius 1 is 1.19 bits per heavy atom. The molecule has 0 radical (unpaired) electrons. The van der Waals surface area contributed by atoms with Gasteiger partial charge in [0.25, 0.3) is 0 Å². The summed E-state index contributed by atoms with van der Waals surface area (Å²) in [5.74, 6) is 0.442. The molecule has 27 heavy (non-hydrogen) atoms. The van der Waals surface area contributed by atoms with E-state index in [4.69, 9.17) is 11.6 Å². The second-order valence-electron chi connectivity index (χ2n) is 5.99. The third-order valence-electron chi connectivity index (χ3n) is 3.97. The third-order valence-corrected chi connectivity index (χ3v) is 4.21. The van der Waals surface area contributed by atoms with Gasteiger partial charge in [-0.25, -0.2) is 14.5 Å². The molecule has 3 heterocycles. The van der Waals surface area contributed by atoms with Crippen molar-refractivity contribution in [3.05, 3.63) is 65.7 Å². The largest absolute Gasteiger partial charge is 0.334 e. The summed E-state index contributed by atoms with van der Waals surface area (Å²) in [7, 11) is 1.84. The monoisotopic (exact) mass is 381 g/mol. The Morgan fingerprint density at radius 3 is 2.85 bits per heavy atom. The van der Waals surface area contributed by atoms with E-state index < -0.39 is 0 Å². The van der Waals surface area contributed by atoms with Gasteiger partial charge < -0.3 is 5.32 Å². The number of nitrogens with zero attached hydrogens (tertiary/aromatic N) is 5. The summed E-state index contributed by atoms with van der Waals surface area (Å²) in [5.41, 5.74) is 2.58. The van der Waals surface area contributed by atoms with E-state index in [2.05, 4.69) is 25.8 Å². The molecule has 0 unspecified atom stereocenters.